The fourth-order valence-corrected chi connectivity index (χ4v) is 2.28. The molecule has 0 atom stereocenters. The van der Waals surface area contributed by atoms with Gasteiger partial charge >= 0.3 is 0 Å². The highest BCUT2D eigenvalue weighted by Gasteiger charge is 2.05. The fourth-order valence-electron chi connectivity index (χ4n) is 2.13. The molecule has 2 aromatic rings. The SMILES string of the molecule is Oc1ccc(S)cc1.c1ccc2c(c1)CCCC2. The van der Waals surface area contributed by atoms with Gasteiger partial charge in [-0.25, -0.2) is 0 Å². The van der Waals surface area contributed by atoms with Crippen molar-refractivity contribution in [2.45, 2.75) is 30.6 Å². The van der Waals surface area contributed by atoms with Crippen LogP contribution in [0.3, 0.4) is 0 Å². The zero-order chi connectivity index (χ0) is 12.8. The summed E-state index contributed by atoms with van der Waals surface area (Å²) < 4.78 is 0. The van der Waals surface area contributed by atoms with Crippen molar-refractivity contribution in [1.82, 2.24) is 0 Å². The number of fused-ring (bicyclic) bond motifs is 1. The summed E-state index contributed by atoms with van der Waals surface area (Å²) in [5, 5.41) is 8.72. The molecule has 0 amide bonds. The number of aromatic hydroxyl groups is 1. The molecule has 0 saturated heterocycles. The van der Waals surface area contributed by atoms with Crippen molar-refractivity contribution in [1.29, 1.82) is 0 Å². The van der Waals surface area contributed by atoms with Crippen LogP contribution in [0.1, 0.15) is 24.0 Å². The van der Waals surface area contributed by atoms with Gasteiger partial charge in [-0.05, 0) is 61.1 Å². The van der Waals surface area contributed by atoms with Gasteiger partial charge in [-0.15, -0.1) is 12.6 Å². The first kappa shape index (κ1) is 13.0. The van der Waals surface area contributed by atoms with E-state index in [4.69, 9.17) is 5.11 Å². The maximum absolute atomic E-state index is 8.72. The quantitative estimate of drug-likeness (QED) is 0.677. The van der Waals surface area contributed by atoms with Crippen molar-refractivity contribution in [3.05, 3.63) is 59.7 Å². The average Bonchev–Trinajstić information content (AvgIpc) is 2.43. The predicted octanol–water partition coefficient (Wildman–Crippen LogP) is 4.25. The first-order valence-electron chi connectivity index (χ1n) is 6.30. The molecule has 0 bridgehead atoms. The van der Waals surface area contributed by atoms with Gasteiger partial charge in [0.2, 0.25) is 0 Å². The number of aryl methyl sites for hydroxylation is 2. The van der Waals surface area contributed by atoms with E-state index in [1.165, 1.54) is 25.7 Å². The highest BCUT2D eigenvalue weighted by Crippen LogP contribution is 2.19. The number of phenols is 1. The van der Waals surface area contributed by atoms with E-state index < -0.39 is 0 Å². The van der Waals surface area contributed by atoms with Crippen LogP contribution < -0.4 is 0 Å². The van der Waals surface area contributed by atoms with Gasteiger partial charge in [-0.1, -0.05) is 24.3 Å². The molecule has 1 aliphatic rings. The zero-order valence-corrected chi connectivity index (χ0v) is 11.2. The van der Waals surface area contributed by atoms with Gasteiger partial charge in [-0.3, -0.25) is 0 Å². The number of phenolic OH excluding ortho intramolecular Hbond substituents is 1. The molecule has 1 N–H and O–H groups in total. The zero-order valence-electron chi connectivity index (χ0n) is 10.3. The van der Waals surface area contributed by atoms with E-state index in [0.717, 1.165) is 4.90 Å². The molecule has 0 fully saturated rings. The number of benzene rings is 2. The molecule has 0 radical (unpaired) electrons. The second-order valence-corrected chi connectivity index (χ2v) is 5.01. The summed E-state index contributed by atoms with van der Waals surface area (Å²) in [6, 6.07) is 15.5. The molecule has 94 valence electrons. The fraction of sp³-hybridized carbons (Fsp3) is 0.250. The topological polar surface area (TPSA) is 20.2 Å². The van der Waals surface area contributed by atoms with E-state index >= 15 is 0 Å². The molecule has 2 aromatic carbocycles. The van der Waals surface area contributed by atoms with Crippen LogP contribution in [0.4, 0.5) is 0 Å². The molecular weight excluding hydrogens is 240 g/mol. The third kappa shape index (κ3) is 3.81. The second kappa shape index (κ2) is 6.50. The minimum Gasteiger partial charge on any atom is -0.508 e. The summed E-state index contributed by atoms with van der Waals surface area (Å²) in [5.41, 5.74) is 3.16. The average molecular weight is 258 g/mol. The smallest absolute Gasteiger partial charge is 0.115 e. The third-order valence-electron chi connectivity index (χ3n) is 3.11. The molecule has 18 heavy (non-hydrogen) atoms. The lowest BCUT2D eigenvalue weighted by Crippen LogP contribution is -2.00. The molecule has 0 spiro atoms. The summed E-state index contributed by atoms with van der Waals surface area (Å²) >= 11 is 4.02. The summed E-state index contributed by atoms with van der Waals surface area (Å²) in [4.78, 5) is 0.864. The van der Waals surface area contributed by atoms with E-state index in [2.05, 4.69) is 36.9 Å². The van der Waals surface area contributed by atoms with Gasteiger partial charge in [0.05, 0.1) is 0 Å². The standard InChI is InChI=1S/C10H12.C6H6OS/c1-2-6-10-8-4-3-7-9(10)5-1;7-5-1-3-6(8)4-2-5/h1-2,5-6H,3-4,7-8H2;1-4,7-8H. The molecule has 2 heteroatoms. The minimum absolute atomic E-state index is 0.280. The second-order valence-electron chi connectivity index (χ2n) is 4.49. The Morgan fingerprint density at radius 2 is 1.28 bits per heavy atom. The summed E-state index contributed by atoms with van der Waals surface area (Å²) in [6.45, 7) is 0. The molecule has 0 saturated carbocycles. The number of hydrogen-bond donors (Lipinski definition) is 2. The van der Waals surface area contributed by atoms with Crippen LogP contribution >= 0.6 is 12.6 Å². The summed E-state index contributed by atoms with van der Waals surface area (Å²) in [6.07, 6.45) is 5.38. The first-order chi connectivity index (χ1) is 8.75. The molecule has 3 rings (SSSR count). The van der Waals surface area contributed by atoms with Crippen LogP contribution in [0.5, 0.6) is 5.75 Å². The van der Waals surface area contributed by atoms with Gasteiger partial charge < -0.3 is 5.11 Å². The normalized spacial score (nSPS) is 13.2. The Kier molecular flexibility index (Phi) is 4.71. The number of rotatable bonds is 0. The predicted molar refractivity (Wildman–Crippen MR) is 78.4 cm³/mol. The van der Waals surface area contributed by atoms with Crippen LogP contribution in [-0.2, 0) is 12.8 Å². The Balaban J connectivity index is 0.000000138. The largest absolute Gasteiger partial charge is 0.508 e. The molecule has 1 nitrogen and oxygen atoms in total. The van der Waals surface area contributed by atoms with E-state index in [0.29, 0.717) is 0 Å². The van der Waals surface area contributed by atoms with Crippen LogP contribution in [0.2, 0.25) is 0 Å². The Morgan fingerprint density at radius 3 is 1.72 bits per heavy atom. The van der Waals surface area contributed by atoms with Gasteiger partial charge in [0.1, 0.15) is 5.75 Å². The van der Waals surface area contributed by atoms with E-state index in [1.54, 1.807) is 35.4 Å². The van der Waals surface area contributed by atoms with Crippen molar-refractivity contribution in [2.24, 2.45) is 0 Å². The molecular formula is C16H18OS. The lowest BCUT2D eigenvalue weighted by molar-refractivity contribution is 0.475. The van der Waals surface area contributed by atoms with Gasteiger partial charge in [0.15, 0.2) is 0 Å². The van der Waals surface area contributed by atoms with Crippen LogP contribution in [0, 0.1) is 0 Å². The maximum atomic E-state index is 8.72. The van der Waals surface area contributed by atoms with E-state index in [9.17, 15) is 0 Å². The lowest BCUT2D eigenvalue weighted by Gasteiger charge is -2.13. The minimum atomic E-state index is 0.280. The van der Waals surface area contributed by atoms with Crippen molar-refractivity contribution in [2.75, 3.05) is 0 Å². The summed E-state index contributed by atoms with van der Waals surface area (Å²) in [7, 11) is 0. The van der Waals surface area contributed by atoms with E-state index in [1.807, 2.05) is 0 Å². The molecule has 1 aliphatic carbocycles. The Morgan fingerprint density at radius 1 is 0.778 bits per heavy atom. The molecule has 0 unspecified atom stereocenters. The van der Waals surface area contributed by atoms with Gasteiger partial charge in [0.25, 0.3) is 0 Å². The van der Waals surface area contributed by atoms with Crippen molar-refractivity contribution in [3.63, 3.8) is 0 Å². The van der Waals surface area contributed by atoms with Gasteiger partial charge in [-0.2, -0.15) is 0 Å². The van der Waals surface area contributed by atoms with Crippen molar-refractivity contribution < 1.29 is 5.11 Å². The van der Waals surface area contributed by atoms with E-state index in [-0.39, 0.29) is 5.75 Å². The first-order valence-corrected chi connectivity index (χ1v) is 6.75. The Labute approximate surface area is 114 Å². The Hall–Kier alpha value is -1.41. The maximum Gasteiger partial charge on any atom is 0.115 e. The molecule has 0 aliphatic heterocycles. The highest BCUT2D eigenvalue weighted by atomic mass is 32.1. The van der Waals surface area contributed by atoms with Gasteiger partial charge in [0, 0.05) is 4.90 Å². The van der Waals surface area contributed by atoms with Crippen LogP contribution in [0.15, 0.2) is 53.4 Å². The highest BCUT2D eigenvalue weighted by molar-refractivity contribution is 7.80. The summed E-state index contributed by atoms with van der Waals surface area (Å²) in [5.74, 6) is 0.280. The van der Waals surface area contributed by atoms with Crippen LogP contribution in [-0.4, -0.2) is 5.11 Å². The number of thiol groups is 1. The van der Waals surface area contributed by atoms with Crippen molar-refractivity contribution >= 4 is 12.6 Å². The molecule has 0 heterocycles. The third-order valence-corrected chi connectivity index (χ3v) is 3.41. The van der Waals surface area contributed by atoms with Crippen molar-refractivity contribution in [3.8, 4) is 5.75 Å². The lowest BCUT2D eigenvalue weighted by atomic mass is 9.92. The van der Waals surface area contributed by atoms with Crippen LogP contribution in [0.25, 0.3) is 0 Å². The molecule has 0 aromatic heterocycles. The Bertz CT molecular complexity index is 445. The number of hydrogen-bond acceptors (Lipinski definition) is 2. The monoisotopic (exact) mass is 258 g/mol.